The molecule has 29 heavy (non-hydrogen) atoms. The third-order valence-corrected chi connectivity index (χ3v) is 5.74. The minimum atomic E-state index is -0.0483. The van der Waals surface area contributed by atoms with Crippen LogP contribution in [0.1, 0.15) is 12.5 Å². The molecule has 0 aromatic heterocycles. The number of hydrogen-bond acceptors (Lipinski definition) is 5. The van der Waals surface area contributed by atoms with Crippen molar-refractivity contribution in [2.24, 2.45) is 4.99 Å². The van der Waals surface area contributed by atoms with Crippen molar-refractivity contribution in [3.63, 3.8) is 0 Å². The van der Waals surface area contributed by atoms with Gasteiger partial charge in [-0.2, -0.15) is 0 Å². The Morgan fingerprint density at radius 3 is 2.62 bits per heavy atom. The fraction of sp³-hybridized carbons (Fsp3) is 0.182. The Bertz CT molecular complexity index is 971. The van der Waals surface area contributed by atoms with Gasteiger partial charge in [0.1, 0.15) is 18.1 Å². The van der Waals surface area contributed by atoms with Gasteiger partial charge in [0.15, 0.2) is 5.17 Å². The fourth-order valence-corrected chi connectivity index (χ4v) is 4.23. The number of hydrogen-bond donors (Lipinski definition) is 0. The monoisotopic (exact) mass is 472 g/mol. The van der Waals surface area contributed by atoms with Crippen molar-refractivity contribution in [2.45, 2.75) is 6.92 Å². The molecule has 1 aliphatic heterocycles. The second kappa shape index (κ2) is 9.80. The number of nitrogens with zero attached hydrogens (tertiary/aromatic N) is 2. The van der Waals surface area contributed by atoms with Crippen molar-refractivity contribution in [3.8, 4) is 11.5 Å². The standard InChI is InChI=1S/C22H21BrN2O3S/c1-4-12-28-19-11-6-15(13-18(19)23)14-20-21(26)25(5-2)22(29-20)24-16-7-9-17(27-3)10-8-16/h4,6-11,13-14H,1,5,12H2,2-3H3/b20-14+,24-22?. The van der Waals surface area contributed by atoms with Crippen LogP contribution in [0.3, 0.4) is 0 Å². The summed E-state index contributed by atoms with van der Waals surface area (Å²) in [5.41, 5.74) is 1.67. The molecule has 0 atom stereocenters. The van der Waals surface area contributed by atoms with E-state index in [1.165, 1.54) is 11.8 Å². The van der Waals surface area contributed by atoms with Crippen molar-refractivity contribution in [1.82, 2.24) is 4.90 Å². The van der Waals surface area contributed by atoms with E-state index in [0.29, 0.717) is 23.2 Å². The average Bonchev–Trinajstić information content (AvgIpc) is 3.02. The predicted octanol–water partition coefficient (Wildman–Crippen LogP) is 5.65. The summed E-state index contributed by atoms with van der Waals surface area (Å²) < 4.78 is 11.6. The average molecular weight is 473 g/mol. The number of thioether (sulfide) groups is 1. The van der Waals surface area contributed by atoms with Gasteiger partial charge in [0.25, 0.3) is 5.91 Å². The van der Waals surface area contributed by atoms with Gasteiger partial charge in [-0.15, -0.1) is 0 Å². The van der Waals surface area contributed by atoms with Gasteiger partial charge in [-0.05, 0) is 82.7 Å². The quantitative estimate of drug-likeness (QED) is 0.386. The first kappa shape index (κ1) is 21.2. The summed E-state index contributed by atoms with van der Waals surface area (Å²) in [6.07, 6.45) is 3.56. The summed E-state index contributed by atoms with van der Waals surface area (Å²) in [5, 5.41) is 0.666. The molecule has 5 nitrogen and oxygen atoms in total. The summed E-state index contributed by atoms with van der Waals surface area (Å²) in [5.74, 6) is 1.45. The number of halogens is 1. The van der Waals surface area contributed by atoms with E-state index >= 15 is 0 Å². The predicted molar refractivity (Wildman–Crippen MR) is 123 cm³/mol. The SMILES string of the molecule is C=CCOc1ccc(/C=C2/SC(=Nc3ccc(OC)cc3)N(CC)C2=O)cc1Br. The Hall–Kier alpha value is -2.51. The number of likely N-dealkylation sites (N-methyl/N-ethyl adjacent to an activating group) is 1. The Balaban J connectivity index is 1.85. The molecule has 0 spiro atoms. The lowest BCUT2D eigenvalue weighted by Gasteiger charge is -2.12. The highest BCUT2D eigenvalue weighted by molar-refractivity contribution is 9.10. The van der Waals surface area contributed by atoms with Crippen LogP contribution in [0.15, 0.2) is 69.5 Å². The first-order valence-corrected chi connectivity index (χ1v) is 10.6. The zero-order chi connectivity index (χ0) is 20.8. The summed E-state index contributed by atoms with van der Waals surface area (Å²) >= 11 is 4.88. The lowest BCUT2D eigenvalue weighted by atomic mass is 10.2. The molecule has 1 amide bonds. The van der Waals surface area contributed by atoms with E-state index in [1.54, 1.807) is 18.1 Å². The molecule has 0 unspecified atom stereocenters. The van der Waals surface area contributed by atoms with Crippen molar-refractivity contribution >= 4 is 50.5 Å². The maximum atomic E-state index is 12.8. The maximum Gasteiger partial charge on any atom is 0.266 e. The number of aliphatic imine (C=N–C) groups is 1. The molecule has 0 aliphatic carbocycles. The van der Waals surface area contributed by atoms with E-state index in [9.17, 15) is 4.79 Å². The van der Waals surface area contributed by atoms with Gasteiger partial charge in [0.2, 0.25) is 0 Å². The van der Waals surface area contributed by atoms with Crippen LogP contribution in [0.4, 0.5) is 5.69 Å². The molecule has 7 heteroatoms. The third kappa shape index (κ3) is 5.10. The summed E-state index contributed by atoms with van der Waals surface area (Å²) in [6.45, 7) is 6.57. The Morgan fingerprint density at radius 2 is 2.00 bits per heavy atom. The van der Waals surface area contributed by atoms with E-state index in [4.69, 9.17) is 9.47 Å². The van der Waals surface area contributed by atoms with Crippen LogP contribution in [0.5, 0.6) is 11.5 Å². The lowest BCUT2D eigenvalue weighted by molar-refractivity contribution is -0.122. The molecule has 1 fully saturated rings. The van der Waals surface area contributed by atoms with Crippen LogP contribution in [-0.2, 0) is 4.79 Å². The number of rotatable bonds is 7. The number of methoxy groups -OCH3 is 1. The molecule has 1 heterocycles. The van der Waals surface area contributed by atoms with E-state index < -0.39 is 0 Å². The minimum Gasteiger partial charge on any atom is -0.497 e. The first-order valence-electron chi connectivity index (χ1n) is 9.03. The van der Waals surface area contributed by atoms with Crippen LogP contribution in [0.25, 0.3) is 6.08 Å². The largest absolute Gasteiger partial charge is 0.497 e. The van der Waals surface area contributed by atoms with Gasteiger partial charge in [0.05, 0.1) is 22.2 Å². The van der Waals surface area contributed by atoms with Gasteiger partial charge < -0.3 is 9.47 Å². The summed E-state index contributed by atoms with van der Waals surface area (Å²) in [6, 6.07) is 13.1. The van der Waals surface area contributed by atoms with E-state index in [-0.39, 0.29) is 5.91 Å². The molecule has 0 radical (unpaired) electrons. The van der Waals surface area contributed by atoms with Crippen LogP contribution in [-0.4, -0.2) is 36.2 Å². The van der Waals surface area contributed by atoms with Crippen LogP contribution in [0, 0.1) is 0 Å². The zero-order valence-corrected chi connectivity index (χ0v) is 18.6. The molecule has 2 aromatic rings. The lowest BCUT2D eigenvalue weighted by Crippen LogP contribution is -2.28. The Kier molecular flexibility index (Phi) is 7.17. The molecule has 2 aromatic carbocycles. The Labute approximate surface area is 183 Å². The molecule has 0 bridgehead atoms. The number of amidine groups is 1. The topological polar surface area (TPSA) is 51.1 Å². The minimum absolute atomic E-state index is 0.0483. The summed E-state index contributed by atoms with van der Waals surface area (Å²) in [4.78, 5) is 19.8. The number of benzene rings is 2. The molecule has 3 rings (SSSR count). The summed E-state index contributed by atoms with van der Waals surface area (Å²) in [7, 11) is 1.62. The normalized spacial score (nSPS) is 16.5. The van der Waals surface area contributed by atoms with Gasteiger partial charge in [-0.1, -0.05) is 18.7 Å². The van der Waals surface area contributed by atoms with Crippen molar-refractivity contribution in [1.29, 1.82) is 0 Å². The second-order valence-electron chi connectivity index (χ2n) is 6.04. The molecular weight excluding hydrogens is 452 g/mol. The maximum absolute atomic E-state index is 12.8. The molecule has 1 saturated heterocycles. The van der Waals surface area contributed by atoms with Crippen molar-refractivity contribution in [2.75, 3.05) is 20.3 Å². The molecular formula is C22H21BrN2O3S. The number of carbonyl (C=O) groups excluding carboxylic acids is 1. The molecule has 0 N–H and O–H groups in total. The second-order valence-corrected chi connectivity index (χ2v) is 7.91. The highest BCUT2D eigenvalue weighted by atomic mass is 79.9. The van der Waals surface area contributed by atoms with Gasteiger partial charge in [-0.25, -0.2) is 4.99 Å². The zero-order valence-electron chi connectivity index (χ0n) is 16.2. The Morgan fingerprint density at radius 1 is 1.24 bits per heavy atom. The van der Waals surface area contributed by atoms with Gasteiger partial charge >= 0.3 is 0 Å². The van der Waals surface area contributed by atoms with Gasteiger partial charge in [0, 0.05) is 6.54 Å². The number of carbonyl (C=O) groups is 1. The number of amides is 1. The first-order chi connectivity index (χ1) is 14.0. The molecule has 150 valence electrons. The molecule has 1 aliphatic rings. The van der Waals surface area contributed by atoms with E-state index in [1.807, 2.05) is 55.5 Å². The van der Waals surface area contributed by atoms with Crippen LogP contribution in [0.2, 0.25) is 0 Å². The third-order valence-electron chi connectivity index (χ3n) is 4.11. The van der Waals surface area contributed by atoms with Crippen LogP contribution >= 0.6 is 27.7 Å². The van der Waals surface area contributed by atoms with Crippen molar-refractivity contribution < 1.29 is 14.3 Å². The van der Waals surface area contributed by atoms with E-state index in [0.717, 1.165) is 27.2 Å². The van der Waals surface area contributed by atoms with Crippen molar-refractivity contribution in [3.05, 3.63) is 70.1 Å². The van der Waals surface area contributed by atoms with Gasteiger partial charge in [-0.3, -0.25) is 9.69 Å². The van der Waals surface area contributed by atoms with Crippen LogP contribution < -0.4 is 9.47 Å². The highest BCUT2D eigenvalue weighted by Gasteiger charge is 2.32. The highest BCUT2D eigenvalue weighted by Crippen LogP contribution is 2.35. The smallest absolute Gasteiger partial charge is 0.266 e. The fourth-order valence-electron chi connectivity index (χ4n) is 2.66. The molecule has 0 saturated carbocycles. The number of ether oxygens (including phenoxy) is 2. The van der Waals surface area contributed by atoms with E-state index in [2.05, 4.69) is 27.5 Å².